The zero-order valence-corrected chi connectivity index (χ0v) is 14.1. The Balaban J connectivity index is 2.09. The monoisotopic (exact) mass is 380 g/mol. The molecule has 0 aliphatic rings. The summed E-state index contributed by atoms with van der Waals surface area (Å²) in [5, 5.41) is 3.85. The maximum atomic E-state index is 13.1. The second-order valence-corrected chi connectivity index (χ2v) is 5.33. The molecule has 0 heterocycles. The van der Waals surface area contributed by atoms with Crippen LogP contribution >= 0.6 is 15.9 Å². The standard InChI is InChI=1S/C16H14BrFN2O3/c1-22-12-6-11(7-13(8-12)23-2)16(21)20-19-9-10-3-4-15(18)14(17)5-10/h3-9H,1-2H3,(H,20,21)/b19-9-. The van der Waals surface area contributed by atoms with E-state index in [2.05, 4.69) is 26.5 Å². The molecule has 0 atom stereocenters. The molecule has 2 aromatic rings. The van der Waals surface area contributed by atoms with Crippen molar-refractivity contribution in [2.24, 2.45) is 5.10 Å². The lowest BCUT2D eigenvalue weighted by Crippen LogP contribution is -2.17. The minimum atomic E-state index is -0.417. The van der Waals surface area contributed by atoms with Crippen molar-refractivity contribution in [1.29, 1.82) is 0 Å². The predicted octanol–water partition coefficient (Wildman–Crippen LogP) is 3.37. The van der Waals surface area contributed by atoms with E-state index in [9.17, 15) is 9.18 Å². The van der Waals surface area contributed by atoms with Gasteiger partial charge in [-0.2, -0.15) is 5.10 Å². The average molecular weight is 381 g/mol. The van der Waals surface area contributed by atoms with Crippen molar-refractivity contribution < 1.29 is 18.7 Å². The maximum absolute atomic E-state index is 13.1. The highest BCUT2D eigenvalue weighted by Gasteiger charge is 2.09. The third kappa shape index (κ3) is 4.53. The molecule has 0 spiro atoms. The molecule has 120 valence electrons. The number of amides is 1. The van der Waals surface area contributed by atoms with Crippen LogP contribution in [0.5, 0.6) is 11.5 Å². The lowest BCUT2D eigenvalue weighted by molar-refractivity contribution is 0.0954. The highest BCUT2D eigenvalue weighted by molar-refractivity contribution is 9.10. The highest BCUT2D eigenvalue weighted by Crippen LogP contribution is 2.22. The van der Waals surface area contributed by atoms with Crippen LogP contribution in [0.2, 0.25) is 0 Å². The second kappa shape index (κ2) is 7.73. The van der Waals surface area contributed by atoms with Crippen LogP contribution in [-0.4, -0.2) is 26.3 Å². The first kappa shape index (κ1) is 17.0. The summed E-state index contributed by atoms with van der Waals surface area (Å²) < 4.78 is 23.7. The molecule has 0 fully saturated rings. The van der Waals surface area contributed by atoms with Crippen molar-refractivity contribution >= 4 is 28.1 Å². The molecule has 0 radical (unpaired) electrons. The largest absolute Gasteiger partial charge is 0.497 e. The summed E-state index contributed by atoms with van der Waals surface area (Å²) in [5.74, 6) is 0.219. The zero-order valence-electron chi connectivity index (χ0n) is 12.5. The minimum Gasteiger partial charge on any atom is -0.497 e. The van der Waals surface area contributed by atoms with Crippen molar-refractivity contribution in [2.75, 3.05) is 14.2 Å². The molecule has 0 aliphatic heterocycles. The Morgan fingerprint density at radius 3 is 2.39 bits per heavy atom. The molecule has 0 saturated carbocycles. The number of nitrogens with one attached hydrogen (secondary N) is 1. The third-order valence-corrected chi connectivity index (χ3v) is 3.54. The molecular formula is C16H14BrFN2O3. The predicted molar refractivity (Wildman–Crippen MR) is 88.7 cm³/mol. The molecule has 2 aromatic carbocycles. The van der Waals surface area contributed by atoms with E-state index in [0.717, 1.165) is 0 Å². The van der Waals surface area contributed by atoms with Crippen LogP contribution in [0.1, 0.15) is 15.9 Å². The summed E-state index contributed by atoms with van der Waals surface area (Å²) in [5.41, 5.74) is 3.38. The van der Waals surface area contributed by atoms with Crippen LogP contribution < -0.4 is 14.9 Å². The molecule has 0 aromatic heterocycles. The van der Waals surface area contributed by atoms with Gasteiger partial charge >= 0.3 is 0 Å². The van der Waals surface area contributed by atoms with Gasteiger partial charge in [0.2, 0.25) is 0 Å². The van der Waals surface area contributed by atoms with Crippen molar-refractivity contribution in [2.45, 2.75) is 0 Å². The Morgan fingerprint density at radius 1 is 1.17 bits per heavy atom. The lowest BCUT2D eigenvalue weighted by atomic mass is 10.2. The van der Waals surface area contributed by atoms with Gasteiger partial charge in [0.25, 0.3) is 5.91 Å². The van der Waals surface area contributed by atoms with Gasteiger partial charge in [0.15, 0.2) is 0 Å². The molecule has 1 amide bonds. The van der Waals surface area contributed by atoms with E-state index in [-0.39, 0.29) is 5.82 Å². The van der Waals surface area contributed by atoms with Crippen LogP contribution in [0.4, 0.5) is 4.39 Å². The smallest absolute Gasteiger partial charge is 0.271 e. The van der Waals surface area contributed by atoms with Crippen LogP contribution in [-0.2, 0) is 0 Å². The SMILES string of the molecule is COc1cc(OC)cc(C(=O)N/N=C\c2ccc(F)c(Br)c2)c1. The van der Waals surface area contributed by atoms with E-state index in [4.69, 9.17) is 9.47 Å². The van der Waals surface area contributed by atoms with Crippen LogP contribution in [0.3, 0.4) is 0 Å². The first-order valence-electron chi connectivity index (χ1n) is 6.55. The topological polar surface area (TPSA) is 59.9 Å². The number of hydrogen-bond donors (Lipinski definition) is 1. The Bertz CT molecular complexity index is 728. The third-order valence-electron chi connectivity index (χ3n) is 2.94. The molecular weight excluding hydrogens is 367 g/mol. The number of hydrazone groups is 1. The van der Waals surface area contributed by atoms with Gasteiger partial charge in [-0.15, -0.1) is 0 Å². The number of benzene rings is 2. The van der Waals surface area contributed by atoms with Crippen LogP contribution in [0, 0.1) is 5.82 Å². The number of ether oxygens (including phenoxy) is 2. The van der Waals surface area contributed by atoms with Gasteiger partial charge in [-0.3, -0.25) is 4.79 Å². The van der Waals surface area contributed by atoms with E-state index in [0.29, 0.717) is 27.1 Å². The summed E-state index contributed by atoms with van der Waals surface area (Å²) in [7, 11) is 3.00. The maximum Gasteiger partial charge on any atom is 0.271 e. The van der Waals surface area contributed by atoms with E-state index < -0.39 is 5.91 Å². The number of halogens is 2. The fraction of sp³-hybridized carbons (Fsp3) is 0.125. The van der Waals surface area contributed by atoms with Gasteiger partial charge in [0.1, 0.15) is 17.3 Å². The molecule has 0 unspecified atom stereocenters. The summed E-state index contributed by atoms with van der Waals surface area (Å²) in [6.45, 7) is 0. The van der Waals surface area contributed by atoms with Gasteiger partial charge < -0.3 is 9.47 Å². The van der Waals surface area contributed by atoms with E-state index in [1.54, 1.807) is 30.3 Å². The number of nitrogens with zero attached hydrogens (tertiary/aromatic N) is 1. The van der Waals surface area contributed by atoms with Gasteiger partial charge in [0, 0.05) is 11.6 Å². The molecule has 5 nitrogen and oxygen atoms in total. The Hall–Kier alpha value is -2.41. The number of methoxy groups -OCH3 is 2. The first-order valence-corrected chi connectivity index (χ1v) is 7.34. The Morgan fingerprint density at radius 2 is 1.83 bits per heavy atom. The number of carbonyl (C=O) groups is 1. The van der Waals surface area contributed by atoms with Crippen molar-refractivity contribution in [3.63, 3.8) is 0 Å². The number of carbonyl (C=O) groups excluding carboxylic acids is 1. The van der Waals surface area contributed by atoms with Crippen molar-refractivity contribution in [3.8, 4) is 11.5 Å². The molecule has 1 N–H and O–H groups in total. The fourth-order valence-electron chi connectivity index (χ4n) is 1.76. The molecule has 0 bridgehead atoms. The second-order valence-electron chi connectivity index (χ2n) is 4.47. The summed E-state index contributed by atoms with van der Waals surface area (Å²) in [6.07, 6.45) is 1.42. The molecule has 2 rings (SSSR count). The molecule has 0 aliphatic carbocycles. The summed E-state index contributed by atoms with van der Waals surface area (Å²) in [6, 6.07) is 9.21. The van der Waals surface area contributed by atoms with Crippen LogP contribution in [0.25, 0.3) is 0 Å². The quantitative estimate of drug-likeness (QED) is 0.638. The Kier molecular flexibility index (Phi) is 5.70. The van der Waals surface area contributed by atoms with Crippen molar-refractivity contribution in [3.05, 3.63) is 57.8 Å². The molecule has 0 saturated heterocycles. The summed E-state index contributed by atoms with van der Waals surface area (Å²) >= 11 is 3.08. The Labute approximate surface area is 141 Å². The highest BCUT2D eigenvalue weighted by atomic mass is 79.9. The van der Waals surface area contributed by atoms with Gasteiger partial charge in [-0.1, -0.05) is 6.07 Å². The number of rotatable bonds is 5. The van der Waals surface area contributed by atoms with E-state index in [1.165, 1.54) is 26.5 Å². The van der Waals surface area contributed by atoms with Crippen molar-refractivity contribution in [1.82, 2.24) is 5.43 Å². The zero-order chi connectivity index (χ0) is 16.8. The normalized spacial score (nSPS) is 10.6. The fourth-order valence-corrected chi connectivity index (χ4v) is 2.16. The van der Waals surface area contributed by atoms with Gasteiger partial charge in [-0.05, 0) is 45.8 Å². The lowest BCUT2D eigenvalue weighted by Gasteiger charge is -2.07. The molecule has 23 heavy (non-hydrogen) atoms. The van der Waals surface area contributed by atoms with Crippen LogP contribution in [0.15, 0.2) is 46.0 Å². The number of hydrogen-bond acceptors (Lipinski definition) is 4. The van der Waals surface area contributed by atoms with E-state index >= 15 is 0 Å². The molecule has 7 heteroatoms. The minimum absolute atomic E-state index is 0.324. The van der Waals surface area contributed by atoms with Gasteiger partial charge in [0.05, 0.1) is 24.9 Å². The van der Waals surface area contributed by atoms with E-state index in [1.807, 2.05) is 0 Å². The van der Waals surface area contributed by atoms with Gasteiger partial charge in [-0.25, -0.2) is 9.82 Å². The summed E-state index contributed by atoms with van der Waals surface area (Å²) in [4.78, 5) is 12.1. The first-order chi connectivity index (χ1) is 11.0. The average Bonchev–Trinajstić information content (AvgIpc) is 2.57.